The van der Waals surface area contributed by atoms with Gasteiger partial charge in [-0.1, -0.05) is 0 Å². The number of carbonyl (C=O) groups is 2. The van der Waals surface area contributed by atoms with Crippen LogP contribution >= 0.6 is 0 Å². The molecule has 0 bridgehead atoms. The van der Waals surface area contributed by atoms with Crippen molar-refractivity contribution in [3.8, 4) is 23.3 Å². The molecule has 0 unspecified atom stereocenters. The predicted octanol–water partition coefficient (Wildman–Crippen LogP) is 3.01. The Morgan fingerprint density at radius 2 is 1.93 bits per heavy atom. The number of nitrogens with zero attached hydrogens (tertiary/aromatic N) is 3. The number of hydrogen-bond acceptors (Lipinski definition) is 7. The zero-order valence-electron chi connectivity index (χ0n) is 15.6. The number of benzene rings is 1. The highest BCUT2D eigenvalue weighted by Crippen LogP contribution is 2.34. The van der Waals surface area contributed by atoms with Crippen LogP contribution < -0.4 is 9.47 Å². The van der Waals surface area contributed by atoms with E-state index in [1.807, 2.05) is 18.2 Å². The molecule has 1 aromatic carbocycles. The summed E-state index contributed by atoms with van der Waals surface area (Å²) >= 11 is 0. The fraction of sp³-hybridized carbons (Fsp3) is 0.200. The van der Waals surface area contributed by atoms with Crippen LogP contribution in [-0.4, -0.2) is 35.2 Å². The molecule has 2 aromatic heterocycles. The molecule has 0 amide bonds. The summed E-state index contributed by atoms with van der Waals surface area (Å²) in [5.74, 6) is -0.735. The van der Waals surface area contributed by atoms with Crippen LogP contribution in [0.15, 0.2) is 36.5 Å². The van der Waals surface area contributed by atoms with Crippen LogP contribution in [0.3, 0.4) is 0 Å². The third-order valence-corrected chi connectivity index (χ3v) is 3.96. The minimum atomic E-state index is -0.769. The van der Waals surface area contributed by atoms with Crippen molar-refractivity contribution in [3.05, 3.63) is 47.9 Å². The molecular formula is C20H17N3O5. The maximum Gasteiger partial charge on any atom is 0.360 e. The van der Waals surface area contributed by atoms with E-state index >= 15 is 0 Å². The summed E-state index contributed by atoms with van der Waals surface area (Å²) in [5.41, 5.74) is 0.951. The number of rotatable bonds is 5. The molecule has 142 valence electrons. The van der Waals surface area contributed by atoms with E-state index in [1.54, 1.807) is 43.0 Å². The van der Waals surface area contributed by atoms with Gasteiger partial charge in [-0.05, 0) is 37.3 Å². The zero-order chi connectivity index (χ0) is 20.3. The number of nitriles is 1. The van der Waals surface area contributed by atoms with Crippen molar-refractivity contribution in [2.75, 3.05) is 13.7 Å². The number of ether oxygens (including phenoxy) is 3. The van der Waals surface area contributed by atoms with Gasteiger partial charge in [-0.2, -0.15) is 5.26 Å². The molecule has 0 radical (unpaired) electrons. The fourth-order valence-electron chi connectivity index (χ4n) is 2.82. The molecule has 0 aliphatic carbocycles. The molecule has 0 saturated carbocycles. The van der Waals surface area contributed by atoms with Gasteiger partial charge in [0.2, 0.25) is 0 Å². The van der Waals surface area contributed by atoms with Gasteiger partial charge in [0, 0.05) is 24.2 Å². The van der Waals surface area contributed by atoms with Gasteiger partial charge in [0.15, 0.2) is 17.1 Å². The molecule has 3 rings (SSSR count). The molecular weight excluding hydrogens is 362 g/mol. The quantitative estimate of drug-likeness (QED) is 0.628. The number of aromatic nitrogens is 2. The monoisotopic (exact) mass is 379 g/mol. The fourth-order valence-corrected chi connectivity index (χ4v) is 2.82. The summed E-state index contributed by atoms with van der Waals surface area (Å²) in [6.07, 6.45) is 1.71. The van der Waals surface area contributed by atoms with Gasteiger partial charge < -0.3 is 18.8 Å². The van der Waals surface area contributed by atoms with E-state index in [0.717, 1.165) is 5.69 Å². The Labute approximate surface area is 160 Å². The minimum absolute atomic E-state index is 0.00905. The highest BCUT2D eigenvalue weighted by atomic mass is 16.5. The van der Waals surface area contributed by atoms with E-state index in [-0.39, 0.29) is 23.7 Å². The highest BCUT2D eigenvalue weighted by molar-refractivity contribution is 6.02. The van der Waals surface area contributed by atoms with Crippen LogP contribution in [0.2, 0.25) is 0 Å². The predicted molar refractivity (Wildman–Crippen MR) is 99.6 cm³/mol. The first-order valence-electron chi connectivity index (χ1n) is 8.45. The Kier molecular flexibility index (Phi) is 5.27. The standard InChI is InChI=1S/C20H17N3O5/c1-4-27-20(25)17-19(28-12(2)24)15-9-10-23(18(15)16(11-21)22-17)13-5-7-14(26-3)8-6-13/h5-10H,4H2,1-3H3. The van der Waals surface area contributed by atoms with Crippen molar-refractivity contribution in [2.24, 2.45) is 0 Å². The number of hydrogen-bond donors (Lipinski definition) is 0. The first kappa shape index (κ1) is 18.9. The van der Waals surface area contributed by atoms with E-state index in [9.17, 15) is 14.9 Å². The first-order chi connectivity index (χ1) is 13.5. The third-order valence-electron chi connectivity index (χ3n) is 3.96. The maximum atomic E-state index is 12.3. The van der Waals surface area contributed by atoms with Crippen molar-refractivity contribution in [1.29, 1.82) is 5.26 Å². The van der Waals surface area contributed by atoms with Crippen LogP contribution in [0.5, 0.6) is 11.5 Å². The smallest absolute Gasteiger partial charge is 0.360 e. The van der Waals surface area contributed by atoms with Gasteiger partial charge >= 0.3 is 11.9 Å². The summed E-state index contributed by atoms with van der Waals surface area (Å²) < 4.78 is 17.1. The molecule has 3 aromatic rings. The Morgan fingerprint density at radius 1 is 1.21 bits per heavy atom. The molecule has 0 saturated heterocycles. The van der Waals surface area contributed by atoms with Crippen LogP contribution in [0, 0.1) is 11.3 Å². The van der Waals surface area contributed by atoms with Gasteiger partial charge in [0.25, 0.3) is 0 Å². The van der Waals surface area contributed by atoms with Gasteiger partial charge in [-0.15, -0.1) is 0 Å². The van der Waals surface area contributed by atoms with Crippen molar-refractivity contribution < 1.29 is 23.8 Å². The lowest BCUT2D eigenvalue weighted by Gasteiger charge is -2.12. The van der Waals surface area contributed by atoms with E-state index in [1.165, 1.54) is 6.92 Å². The van der Waals surface area contributed by atoms with E-state index in [2.05, 4.69) is 4.98 Å². The van der Waals surface area contributed by atoms with Gasteiger partial charge in [-0.3, -0.25) is 4.79 Å². The Bertz CT molecular complexity index is 1090. The van der Waals surface area contributed by atoms with Crippen LogP contribution in [-0.2, 0) is 9.53 Å². The maximum absolute atomic E-state index is 12.3. The molecule has 0 N–H and O–H groups in total. The van der Waals surface area contributed by atoms with Gasteiger partial charge in [-0.25, -0.2) is 9.78 Å². The molecule has 0 fully saturated rings. The average Bonchev–Trinajstić information content (AvgIpc) is 3.13. The second kappa shape index (κ2) is 7.80. The van der Waals surface area contributed by atoms with Crippen molar-refractivity contribution in [3.63, 3.8) is 0 Å². The van der Waals surface area contributed by atoms with E-state index in [4.69, 9.17) is 14.2 Å². The Balaban J connectivity index is 2.29. The summed E-state index contributed by atoms with van der Waals surface area (Å²) in [7, 11) is 1.57. The minimum Gasteiger partial charge on any atom is -0.497 e. The number of carbonyl (C=O) groups excluding carboxylic acids is 2. The summed E-state index contributed by atoms with van der Waals surface area (Å²) in [4.78, 5) is 28.0. The Hall–Kier alpha value is -3.86. The number of pyridine rings is 1. The molecule has 0 aliphatic rings. The number of esters is 2. The van der Waals surface area contributed by atoms with Crippen LogP contribution in [0.4, 0.5) is 0 Å². The van der Waals surface area contributed by atoms with Crippen molar-refractivity contribution >= 4 is 22.8 Å². The molecule has 28 heavy (non-hydrogen) atoms. The second-order valence-electron chi connectivity index (χ2n) is 5.71. The normalized spacial score (nSPS) is 10.4. The molecule has 0 aliphatic heterocycles. The zero-order valence-corrected chi connectivity index (χ0v) is 15.6. The van der Waals surface area contributed by atoms with E-state index in [0.29, 0.717) is 16.7 Å². The lowest BCUT2D eigenvalue weighted by atomic mass is 10.2. The second-order valence-corrected chi connectivity index (χ2v) is 5.71. The van der Waals surface area contributed by atoms with Crippen molar-refractivity contribution in [2.45, 2.75) is 13.8 Å². The molecule has 0 spiro atoms. The third kappa shape index (κ3) is 3.38. The highest BCUT2D eigenvalue weighted by Gasteiger charge is 2.25. The SMILES string of the molecule is CCOC(=O)c1nc(C#N)c2c(ccn2-c2ccc(OC)cc2)c1OC(C)=O. The average molecular weight is 379 g/mol. The lowest BCUT2D eigenvalue weighted by molar-refractivity contribution is -0.131. The molecule has 8 heteroatoms. The number of fused-ring (bicyclic) bond motifs is 1. The van der Waals surface area contributed by atoms with Gasteiger partial charge in [0.05, 0.1) is 19.2 Å². The van der Waals surface area contributed by atoms with E-state index < -0.39 is 11.9 Å². The molecule has 0 atom stereocenters. The first-order valence-corrected chi connectivity index (χ1v) is 8.45. The van der Waals surface area contributed by atoms with Gasteiger partial charge in [0.1, 0.15) is 11.8 Å². The number of methoxy groups -OCH3 is 1. The van der Waals surface area contributed by atoms with Crippen molar-refractivity contribution in [1.82, 2.24) is 9.55 Å². The summed E-state index contributed by atoms with van der Waals surface area (Å²) in [6.45, 7) is 2.99. The lowest BCUT2D eigenvalue weighted by Crippen LogP contribution is -2.14. The summed E-state index contributed by atoms with van der Waals surface area (Å²) in [5, 5.41) is 10.0. The Morgan fingerprint density at radius 3 is 2.50 bits per heavy atom. The van der Waals surface area contributed by atoms with Crippen LogP contribution in [0.25, 0.3) is 16.6 Å². The molecule has 8 nitrogen and oxygen atoms in total. The topological polar surface area (TPSA) is 103 Å². The molecule has 2 heterocycles. The largest absolute Gasteiger partial charge is 0.497 e. The summed E-state index contributed by atoms with van der Waals surface area (Å²) in [6, 6.07) is 10.8. The van der Waals surface area contributed by atoms with Crippen LogP contribution in [0.1, 0.15) is 30.0 Å².